The molecule has 0 aromatic carbocycles. The van der Waals surface area contributed by atoms with E-state index in [2.05, 4.69) is 22.8 Å². The zero-order valence-corrected chi connectivity index (χ0v) is 22.8. The minimum Gasteiger partial charge on any atom is -0.479 e. The number of aliphatic hydroxyl groups excluding tert-OH is 4. The maximum Gasteiger partial charge on any atom is 0.335 e. The van der Waals surface area contributed by atoms with Crippen LogP contribution in [0.2, 0.25) is 0 Å². The Morgan fingerprint density at radius 2 is 1.57 bits per heavy atom. The Kier molecular flexibility index (Phi) is 12.3. The van der Waals surface area contributed by atoms with Gasteiger partial charge in [-0.2, -0.15) is 0 Å². The number of carbonyl (C=O) groups is 3. The summed E-state index contributed by atoms with van der Waals surface area (Å²) < 4.78 is 22.0. The predicted octanol–water partition coefficient (Wildman–Crippen LogP) is -1.81. The van der Waals surface area contributed by atoms with Gasteiger partial charge in [0.1, 0.15) is 37.1 Å². The highest BCUT2D eigenvalue weighted by Crippen LogP contribution is 2.31. The Labute approximate surface area is 232 Å². The molecule has 40 heavy (non-hydrogen) atoms. The first-order chi connectivity index (χ1) is 19.0. The zero-order chi connectivity index (χ0) is 29.4. The van der Waals surface area contributed by atoms with Crippen molar-refractivity contribution in [2.45, 2.75) is 107 Å². The minimum atomic E-state index is -1.71. The molecule has 7 N–H and O–H groups in total. The van der Waals surface area contributed by atoms with E-state index in [0.29, 0.717) is 0 Å². The third kappa shape index (κ3) is 8.42. The number of aliphatic hydroxyl groups is 4. The van der Waals surface area contributed by atoms with Crippen molar-refractivity contribution in [3.63, 3.8) is 0 Å². The molecule has 2 aliphatic heterocycles. The molecule has 2 heterocycles. The maximum absolute atomic E-state index is 12.8. The molecule has 14 nitrogen and oxygen atoms in total. The van der Waals surface area contributed by atoms with Crippen LogP contribution in [-0.2, 0) is 33.3 Å². The smallest absolute Gasteiger partial charge is 0.335 e. The molecular formula is C26H42N2O12. The van der Waals surface area contributed by atoms with Crippen molar-refractivity contribution in [2.75, 3.05) is 19.7 Å². The van der Waals surface area contributed by atoms with E-state index in [1.165, 1.54) is 13.8 Å². The molecule has 0 aromatic heterocycles. The van der Waals surface area contributed by atoms with E-state index in [-0.39, 0.29) is 31.7 Å². The Hall–Kier alpha value is -2.17. The summed E-state index contributed by atoms with van der Waals surface area (Å²) in [6, 6.07) is 0. The van der Waals surface area contributed by atoms with Gasteiger partial charge in [-0.3, -0.25) is 9.59 Å². The molecule has 3 aliphatic rings. The second-order valence-electron chi connectivity index (χ2n) is 10.5. The number of rotatable bonds is 10. The first-order valence-electron chi connectivity index (χ1n) is 13.7. The summed E-state index contributed by atoms with van der Waals surface area (Å²) >= 11 is 0. The fourth-order valence-corrected chi connectivity index (χ4v) is 4.98. The second-order valence-corrected chi connectivity index (χ2v) is 10.5. The van der Waals surface area contributed by atoms with E-state index in [1.54, 1.807) is 0 Å². The molecule has 228 valence electrons. The number of aliphatic carboxylic acids is 1. The average Bonchev–Trinajstić information content (AvgIpc) is 2.90. The van der Waals surface area contributed by atoms with Gasteiger partial charge in [0, 0.05) is 19.0 Å². The van der Waals surface area contributed by atoms with Crippen LogP contribution < -0.4 is 10.6 Å². The first-order valence-corrected chi connectivity index (χ1v) is 13.7. The molecule has 1 aliphatic carbocycles. The van der Waals surface area contributed by atoms with Crippen molar-refractivity contribution in [2.24, 2.45) is 5.92 Å². The van der Waals surface area contributed by atoms with Crippen molar-refractivity contribution in [3.8, 4) is 0 Å². The summed E-state index contributed by atoms with van der Waals surface area (Å²) in [5, 5.41) is 56.3. The molecule has 0 spiro atoms. The quantitative estimate of drug-likeness (QED) is 0.114. The number of nitrogens with one attached hydrogen (secondary N) is 2. The van der Waals surface area contributed by atoms with Crippen LogP contribution in [0.25, 0.3) is 0 Å². The van der Waals surface area contributed by atoms with Gasteiger partial charge in [-0.15, -0.1) is 0 Å². The molecule has 3 rings (SSSR count). The van der Waals surface area contributed by atoms with Crippen LogP contribution in [0.5, 0.6) is 0 Å². The van der Waals surface area contributed by atoms with E-state index in [0.717, 1.165) is 32.1 Å². The number of carboxylic acid groups (broad SMARTS) is 1. The van der Waals surface area contributed by atoms with Gasteiger partial charge in [0.25, 0.3) is 0 Å². The lowest BCUT2D eigenvalue weighted by atomic mass is 9.89. The van der Waals surface area contributed by atoms with Gasteiger partial charge in [-0.1, -0.05) is 19.1 Å². The lowest BCUT2D eigenvalue weighted by molar-refractivity contribution is -0.324. The average molecular weight is 575 g/mol. The third-order valence-corrected chi connectivity index (χ3v) is 7.46. The molecular weight excluding hydrogens is 532 g/mol. The van der Waals surface area contributed by atoms with Crippen LogP contribution in [-0.4, -0.2) is 124 Å². The number of ether oxygens (including phenoxy) is 4. The maximum atomic E-state index is 12.8. The standard InChI is InChI=1S/C26H42N2O12/c1-13-17(30)20(33)26(40-22-19(32)18(31)14(2)38-23(22)25(35)36)39-21(13)24(34)28-11-10-27-16(29)12-37-15-8-6-4-3-5-7-9-15/h3-4,13-15,17-23,26,30-33H,5-12H2,1-2H3,(H,27,29)(H,28,34)(H,35,36)/b4-3+/t13?,14?,15-,17?,18?,19?,20?,21?,22?,23?,26?/m0/s1. The topological polar surface area (TPSA) is 213 Å². The van der Waals surface area contributed by atoms with Gasteiger partial charge < -0.3 is 55.1 Å². The monoisotopic (exact) mass is 574 g/mol. The van der Waals surface area contributed by atoms with E-state index in [4.69, 9.17) is 18.9 Å². The lowest BCUT2D eigenvalue weighted by Gasteiger charge is -2.45. The van der Waals surface area contributed by atoms with Gasteiger partial charge in [0.2, 0.25) is 11.8 Å². The minimum absolute atomic E-state index is 0.0241. The Morgan fingerprint density at radius 3 is 2.30 bits per heavy atom. The van der Waals surface area contributed by atoms with Crippen molar-refractivity contribution in [1.29, 1.82) is 0 Å². The molecule has 0 saturated carbocycles. The molecule has 10 unspecified atom stereocenters. The van der Waals surface area contributed by atoms with Crippen LogP contribution in [0.4, 0.5) is 0 Å². The SMILES string of the molecule is CC1OC(C(=O)O)C(OC2OC(C(=O)NCCNC(=O)CO[C@H]3CC/C=C/CCC3)C(C)C(O)C2O)C(O)C1O. The number of allylic oxidation sites excluding steroid dienone is 2. The van der Waals surface area contributed by atoms with Gasteiger partial charge in [-0.05, 0) is 39.0 Å². The summed E-state index contributed by atoms with van der Waals surface area (Å²) in [5.74, 6) is -3.35. The summed E-state index contributed by atoms with van der Waals surface area (Å²) in [5.41, 5.74) is 0. The van der Waals surface area contributed by atoms with Gasteiger partial charge in [0.15, 0.2) is 12.4 Å². The van der Waals surface area contributed by atoms with E-state index < -0.39 is 72.9 Å². The summed E-state index contributed by atoms with van der Waals surface area (Å²) in [7, 11) is 0. The lowest BCUT2D eigenvalue weighted by Crippen LogP contribution is -2.64. The molecule has 2 saturated heterocycles. The van der Waals surface area contributed by atoms with E-state index >= 15 is 0 Å². The van der Waals surface area contributed by atoms with Crippen molar-refractivity contribution in [1.82, 2.24) is 10.6 Å². The van der Waals surface area contributed by atoms with Gasteiger partial charge in [-0.25, -0.2) is 4.79 Å². The number of hydrogen-bond acceptors (Lipinski definition) is 11. The normalized spacial score (nSPS) is 39.4. The second kappa shape index (κ2) is 15.2. The van der Waals surface area contributed by atoms with Crippen LogP contribution in [0.1, 0.15) is 46.0 Å². The zero-order valence-electron chi connectivity index (χ0n) is 22.8. The van der Waals surface area contributed by atoms with Crippen molar-refractivity contribution >= 4 is 17.8 Å². The van der Waals surface area contributed by atoms with Gasteiger partial charge >= 0.3 is 5.97 Å². The number of amides is 2. The first kappa shape index (κ1) is 32.3. The highest BCUT2D eigenvalue weighted by Gasteiger charge is 2.52. The molecule has 0 aromatic rings. The highest BCUT2D eigenvalue weighted by atomic mass is 16.7. The number of hydrogen-bond donors (Lipinski definition) is 7. The Balaban J connectivity index is 1.48. The van der Waals surface area contributed by atoms with Crippen LogP contribution in [0.15, 0.2) is 12.2 Å². The van der Waals surface area contributed by atoms with Crippen LogP contribution in [0, 0.1) is 5.92 Å². The molecule has 11 atom stereocenters. The van der Waals surface area contributed by atoms with Crippen LogP contribution in [0.3, 0.4) is 0 Å². The van der Waals surface area contributed by atoms with Crippen LogP contribution >= 0.6 is 0 Å². The van der Waals surface area contributed by atoms with E-state index in [1.807, 2.05) is 0 Å². The fraction of sp³-hybridized carbons (Fsp3) is 0.808. The van der Waals surface area contributed by atoms with Gasteiger partial charge in [0.05, 0.1) is 18.3 Å². The molecule has 2 fully saturated rings. The third-order valence-electron chi connectivity index (χ3n) is 7.46. The molecule has 2 amide bonds. The number of carboxylic acids is 1. The number of carbonyl (C=O) groups excluding carboxylic acids is 2. The largest absolute Gasteiger partial charge is 0.479 e. The van der Waals surface area contributed by atoms with Crippen molar-refractivity contribution < 1.29 is 58.9 Å². The Bertz CT molecular complexity index is 888. The fourth-order valence-electron chi connectivity index (χ4n) is 4.98. The van der Waals surface area contributed by atoms with E-state index in [9.17, 15) is 39.9 Å². The van der Waals surface area contributed by atoms with Crippen molar-refractivity contribution in [3.05, 3.63) is 12.2 Å². The Morgan fingerprint density at radius 1 is 0.875 bits per heavy atom. The predicted molar refractivity (Wildman–Crippen MR) is 137 cm³/mol. The summed E-state index contributed by atoms with van der Waals surface area (Å²) in [6.45, 7) is 2.91. The summed E-state index contributed by atoms with van der Waals surface area (Å²) in [4.78, 5) is 36.6. The molecule has 0 bridgehead atoms. The molecule has 14 heteroatoms. The molecule has 0 radical (unpaired) electrons. The summed E-state index contributed by atoms with van der Waals surface area (Å²) in [6.07, 6.45) is -4.83. The highest BCUT2D eigenvalue weighted by molar-refractivity contribution is 5.81.